The van der Waals surface area contributed by atoms with Crippen molar-refractivity contribution in [3.05, 3.63) is 106 Å². The van der Waals surface area contributed by atoms with Gasteiger partial charge in [-0.1, -0.05) is 78.0 Å². The van der Waals surface area contributed by atoms with Crippen molar-refractivity contribution in [2.75, 3.05) is 0 Å². The average molecular weight is 400 g/mol. The molecule has 29 heavy (non-hydrogen) atoms. The second-order valence-corrected chi connectivity index (χ2v) is 8.38. The summed E-state index contributed by atoms with van der Waals surface area (Å²) in [6.07, 6.45) is 0.756. The minimum absolute atomic E-state index is 0.756. The quantitative estimate of drug-likeness (QED) is 0.368. The molecule has 4 heteroatoms. The molecular formula is C25H25N3S. The van der Waals surface area contributed by atoms with E-state index in [1.54, 1.807) is 11.8 Å². The highest BCUT2D eigenvalue weighted by atomic mass is 32.2. The third-order valence-electron chi connectivity index (χ3n) is 5.14. The Hall–Kier alpha value is -2.85. The molecule has 0 fully saturated rings. The highest BCUT2D eigenvalue weighted by Gasteiger charge is 2.15. The zero-order chi connectivity index (χ0) is 20.2. The lowest BCUT2D eigenvalue weighted by Gasteiger charge is -2.12. The van der Waals surface area contributed by atoms with Crippen molar-refractivity contribution < 1.29 is 0 Å². The lowest BCUT2D eigenvalue weighted by Crippen LogP contribution is -2.04. The van der Waals surface area contributed by atoms with E-state index in [2.05, 4.69) is 102 Å². The average Bonchev–Trinajstić information content (AvgIpc) is 3.13. The van der Waals surface area contributed by atoms with E-state index in [0.717, 1.165) is 28.8 Å². The summed E-state index contributed by atoms with van der Waals surface area (Å²) in [7, 11) is 0. The van der Waals surface area contributed by atoms with Gasteiger partial charge in [0.05, 0.1) is 0 Å². The van der Waals surface area contributed by atoms with Crippen LogP contribution >= 0.6 is 11.8 Å². The van der Waals surface area contributed by atoms with Crippen LogP contribution < -0.4 is 0 Å². The van der Waals surface area contributed by atoms with Crippen LogP contribution in [0.1, 0.15) is 33.6 Å². The van der Waals surface area contributed by atoms with Crippen molar-refractivity contribution in [3.8, 4) is 5.69 Å². The minimum atomic E-state index is 0.756. The number of hydrogen-bond donors (Lipinski definition) is 0. The third kappa shape index (κ3) is 4.60. The van der Waals surface area contributed by atoms with Crippen molar-refractivity contribution >= 4 is 11.8 Å². The standard InChI is InChI=1S/C25H25N3S/c1-18-9-12-22(13-10-18)17-29-25-27-26-24(16-21-7-5-4-6-8-21)28(25)23-14-11-19(2)20(3)15-23/h4-15H,16-17H2,1-3H3. The van der Waals surface area contributed by atoms with Crippen LogP contribution in [0.3, 0.4) is 0 Å². The molecule has 3 aromatic carbocycles. The molecule has 0 N–H and O–H groups in total. The normalized spacial score (nSPS) is 11.0. The van der Waals surface area contributed by atoms with E-state index in [9.17, 15) is 0 Å². The van der Waals surface area contributed by atoms with Crippen LogP contribution in [-0.2, 0) is 12.2 Å². The van der Waals surface area contributed by atoms with Gasteiger partial charge in [-0.2, -0.15) is 0 Å². The predicted molar refractivity (Wildman–Crippen MR) is 121 cm³/mol. The van der Waals surface area contributed by atoms with E-state index in [-0.39, 0.29) is 0 Å². The maximum atomic E-state index is 4.56. The molecule has 0 saturated carbocycles. The van der Waals surface area contributed by atoms with Crippen molar-refractivity contribution in [1.82, 2.24) is 14.8 Å². The van der Waals surface area contributed by atoms with Gasteiger partial charge in [0, 0.05) is 17.9 Å². The van der Waals surface area contributed by atoms with Gasteiger partial charge in [-0.25, -0.2) is 0 Å². The molecule has 0 radical (unpaired) electrons. The highest BCUT2D eigenvalue weighted by Crippen LogP contribution is 2.27. The highest BCUT2D eigenvalue weighted by molar-refractivity contribution is 7.98. The van der Waals surface area contributed by atoms with Gasteiger partial charge in [0.2, 0.25) is 0 Å². The van der Waals surface area contributed by atoms with Gasteiger partial charge in [0.15, 0.2) is 5.16 Å². The fraction of sp³-hybridized carbons (Fsp3) is 0.200. The molecule has 0 atom stereocenters. The number of aryl methyl sites for hydroxylation is 3. The van der Waals surface area contributed by atoms with E-state index in [1.807, 2.05) is 6.07 Å². The molecule has 0 unspecified atom stereocenters. The van der Waals surface area contributed by atoms with Crippen molar-refractivity contribution in [1.29, 1.82) is 0 Å². The molecule has 1 aromatic heterocycles. The van der Waals surface area contributed by atoms with Gasteiger partial charge < -0.3 is 0 Å². The van der Waals surface area contributed by atoms with Gasteiger partial charge in [0.25, 0.3) is 0 Å². The van der Waals surface area contributed by atoms with E-state index < -0.39 is 0 Å². The van der Waals surface area contributed by atoms with Gasteiger partial charge >= 0.3 is 0 Å². The Kier molecular flexibility index (Phi) is 5.81. The first-order valence-corrected chi connectivity index (χ1v) is 10.8. The van der Waals surface area contributed by atoms with Gasteiger partial charge in [-0.3, -0.25) is 4.57 Å². The molecular weight excluding hydrogens is 374 g/mol. The zero-order valence-electron chi connectivity index (χ0n) is 17.1. The number of aromatic nitrogens is 3. The first-order chi connectivity index (χ1) is 14.1. The molecule has 0 saturated heterocycles. The molecule has 0 aliphatic carbocycles. The molecule has 4 rings (SSSR count). The molecule has 0 aliphatic rings. The summed E-state index contributed by atoms with van der Waals surface area (Å²) < 4.78 is 2.21. The van der Waals surface area contributed by atoms with Gasteiger partial charge in [-0.15, -0.1) is 10.2 Å². The van der Waals surface area contributed by atoms with Crippen LogP contribution in [0.25, 0.3) is 5.69 Å². The summed E-state index contributed by atoms with van der Waals surface area (Å²) in [4.78, 5) is 0. The monoisotopic (exact) mass is 399 g/mol. The maximum absolute atomic E-state index is 4.56. The van der Waals surface area contributed by atoms with Crippen LogP contribution in [0.2, 0.25) is 0 Å². The molecule has 4 aromatic rings. The molecule has 0 bridgehead atoms. The van der Waals surface area contributed by atoms with E-state index in [4.69, 9.17) is 0 Å². The Morgan fingerprint density at radius 2 is 1.52 bits per heavy atom. The number of nitrogens with zero attached hydrogens (tertiary/aromatic N) is 3. The fourth-order valence-electron chi connectivity index (χ4n) is 3.24. The van der Waals surface area contributed by atoms with Crippen molar-refractivity contribution in [2.45, 2.75) is 38.1 Å². The second-order valence-electron chi connectivity index (χ2n) is 7.44. The molecule has 146 valence electrons. The van der Waals surface area contributed by atoms with Crippen molar-refractivity contribution in [3.63, 3.8) is 0 Å². The minimum Gasteiger partial charge on any atom is -0.274 e. The topological polar surface area (TPSA) is 30.7 Å². The molecule has 3 nitrogen and oxygen atoms in total. The number of rotatable bonds is 6. The largest absolute Gasteiger partial charge is 0.274 e. The third-order valence-corrected chi connectivity index (χ3v) is 6.14. The van der Waals surface area contributed by atoms with Crippen LogP contribution in [0.15, 0.2) is 78.0 Å². The predicted octanol–water partition coefficient (Wildman–Crippen LogP) is 6.08. The van der Waals surface area contributed by atoms with Gasteiger partial charge in [0.1, 0.15) is 5.82 Å². The molecule has 0 amide bonds. The number of benzene rings is 3. The fourth-order valence-corrected chi connectivity index (χ4v) is 4.17. The summed E-state index contributed by atoms with van der Waals surface area (Å²) in [5.74, 6) is 1.83. The summed E-state index contributed by atoms with van der Waals surface area (Å²) in [5.41, 5.74) is 7.49. The first kappa shape index (κ1) is 19.5. The summed E-state index contributed by atoms with van der Waals surface area (Å²) in [5, 5.41) is 10.0. The Morgan fingerprint density at radius 3 is 2.24 bits per heavy atom. The molecule has 1 heterocycles. The molecule has 0 spiro atoms. The zero-order valence-corrected chi connectivity index (χ0v) is 17.9. The SMILES string of the molecule is Cc1ccc(CSc2nnc(Cc3ccccc3)n2-c2ccc(C)c(C)c2)cc1. The van der Waals surface area contributed by atoms with Gasteiger partial charge in [-0.05, 0) is 55.2 Å². The smallest absolute Gasteiger partial charge is 0.196 e. The second kappa shape index (κ2) is 8.66. The Labute approximate surface area is 176 Å². The number of thioether (sulfide) groups is 1. The maximum Gasteiger partial charge on any atom is 0.196 e. The lowest BCUT2D eigenvalue weighted by atomic mass is 10.1. The van der Waals surface area contributed by atoms with E-state index in [1.165, 1.54) is 27.8 Å². The van der Waals surface area contributed by atoms with Crippen molar-refractivity contribution in [2.24, 2.45) is 0 Å². The Morgan fingerprint density at radius 1 is 0.759 bits per heavy atom. The number of hydrogen-bond acceptors (Lipinski definition) is 3. The Bertz CT molecular complexity index is 1100. The molecule has 0 aliphatic heterocycles. The van der Waals surface area contributed by atoms with Crippen LogP contribution in [0.4, 0.5) is 0 Å². The van der Waals surface area contributed by atoms with Crippen LogP contribution in [0.5, 0.6) is 0 Å². The summed E-state index contributed by atoms with van der Waals surface area (Å²) in [6.45, 7) is 6.41. The Balaban J connectivity index is 1.68. The first-order valence-electron chi connectivity index (χ1n) is 9.84. The van der Waals surface area contributed by atoms with Crippen LogP contribution in [-0.4, -0.2) is 14.8 Å². The van der Waals surface area contributed by atoms with Crippen LogP contribution in [0, 0.1) is 20.8 Å². The lowest BCUT2D eigenvalue weighted by molar-refractivity contribution is 0.846. The summed E-state index contributed by atoms with van der Waals surface area (Å²) in [6, 6.07) is 25.7. The van der Waals surface area contributed by atoms with E-state index >= 15 is 0 Å². The summed E-state index contributed by atoms with van der Waals surface area (Å²) >= 11 is 1.73. The van der Waals surface area contributed by atoms with E-state index in [0.29, 0.717) is 0 Å².